The van der Waals surface area contributed by atoms with Gasteiger partial charge in [-0.05, 0) is 94.0 Å². The molecule has 0 heterocycles. The van der Waals surface area contributed by atoms with Gasteiger partial charge in [0.05, 0.1) is 0 Å². The first-order valence-corrected chi connectivity index (χ1v) is 8.72. The molecule has 0 aromatic carbocycles. The lowest BCUT2D eigenvalue weighted by Crippen LogP contribution is -2.47. The summed E-state index contributed by atoms with van der Waals surface area (Å²) in [6.07, 6.45) is 6.23. The summed E-state index contributed by atoms with van der Waals surface area (Å²) in [5.74, 6) is 2.97. The average molecular weight is 303 g/mol. The number of alkyl halides is 3. The molecule has 4 bridgehead atoms. The second-order valence-electron chi connectivity index (χ2n) is 7.99. The van der Waals surface area contributed by atoms with Gasteiger partial charge in [0, 0.05) is 6.42 Å². The molecule has 21 heavy (non-hydrogen) atoms. The van der Waals surface area contributed by atoms with Crippen LogP contribution in [0, 0.1) is 23.2 Å². The van der Waals surface area contributed by atoms with Crippen molar-refractivity contribution in [3.63, 3.8) is 0 Å². The second-order valence-corrected chi connectivity index (χ2v) is 7.99. The highest BCUT2D eigenvalue weighted by atomic mass is 19.4. The van der Waals surface area contributed by atoms with Crippen molar-refractivity contribution in [1.82, 2.24) is 5.32 Å². The van der Waals surface area contributed by atoms with Crippen LogP contribution in [0.15, 0.2) is 0 Å². The summed E-state index contributed by atoms with van der Waals surface area (Å²) < 4.78 is 36.1. The van der Waals surface area contributed by atoms with Crippen LogP contribution in [0.1, 0.15) is 64.2 Å². The van der Waals surface area contributed by atoms with Gasteiger partial charge in [-0.25, -0.2) is 0 Å². The topological polar surface area (TPSA) is 12.0 Å². The molecule has 1 nitrogen and oxygen atoms in total. The van der Waals surface area contributed by atoms with Crippen molar-refractivity contribution in [2.45, 2.75) is 70.4 Å². The van der Waals surface area contributed by atoms with Crippen molar-refractivity contribution < 1.29 is 13.2 Å². The van der Waals surface area contributed by atoms with E-state index in [2.05, 4.69) is 5.32 Å². The fourth-order valence-corrected chi connectivity index (χ4v) is 5.65. The van der Waals surface area contributed by atoms with Crippen LogP contribution in [0.4, 0.5) is 13.2 Å². The molecule has 122 valence electrons. The average Bonchev–Trinajstić information content (AvgIpc) is 2.34. The van der Waals surface area contributed by atoms with Crippen LogP contribution in [0.3, 0.4) is 0 Å². The first-order valence-electron chi connectivity index (χ1n) is 8.72. The van der Waals surface area contributed by atoms with Gasteiger partial charge in [0.1, 0.15) is 0 Å². The van der Waals surface area contributed by atoms with Gasteiger partial charge < -0.3 is 5.32 Å². The summed E-state index contributed by atoms with van der Waals surface area (Å²) >= 11 is 0. The van der Waals surface area contributed by atoms with Crippen molar-refractivity contribution in [2.75, 3.05) is 13.1 Å². The lowest BCUT2D eigenvalue weighted by molar-refractivity contribution is -0.135. The molecule has 4 aliphatic rings. The molecule has 0 radical (unpaired) electrons. The Morgan fingerprint density at radius 3 is 1.95 bits per heavy atom. The van der Waals surface area contributed by atoms with Crippen LogP contribution in [-0.2, 0) is 0 Å². The molecular formula is C17H28F3N. The predicted octanol–water partition coefficient (Wildman–Crippen LogP) is 4.92. The largest absolute Gasteiger partial charge is 0.389 e. The molecule has 4 saturated carbocycles. The Balaban J connectivity index is 1.31. The minimum atomic E-state index is -3.99. The van der Waals surface area contributed by atoms with E-state index in [-0.39, 0.29) is 6.42 Å². The lowest BCUT2D eigenvalue weighted by Gasteiger charge is -2.57. The van der Waals surface area contributed by atoms with Crippen LogP contribution in [0.25, 0.3) is 0 Å². The number of unbranched alkanes of at least 4 members (excludes halogenated alkanes) is 1. The van der Waals surface area contributed by atoms with E-state index in [1.54, 1.807) is 0 Å². The Bertz CT molecular complexity index is 315. The zero-order valence-corrected chi connectivity index (χ0v) is 12.9. The highest BCUT2D eigenvalue weighted by Gasteiger charge is 2.50. The Kier molecular flexibility index (Phi) is 4.54. The molecule has 4 rings (SSSR count). The van der Waals surface area contributed by atoms with Gasteiger partial charge in [-0.1, -0.05) is 0 Å². The van der Waals surface area contributed by atoms with Crippen molar-refractivity contribution in [2.24, 2.45) is 23.2 Å². The maximum Gasteiger partial charge on any atom is 0.389 e. The second kappa shape index (κ2) is 6.10. The number of halogens is 3. The third kappa shape index (κ3) is 4.14. The smallest absolute Gasteiger partial charge is 0.317 e. The summed E-state index contributed by atoms with van der Waals surface area (Å²) in [4.78, 5) is 0. The predicted molar refractivity (Wildman–Crippen MR) is 78.0 cm³/mol. The summed E-state index contributed by atoms with van der Waals surface area (Å²) in [5, 5.41) is 3.38. The Hall–Kier alpha value is -0.250. The van der Waals surface area contributed by atoms with Crippen LogP contribution in [0.2, 0.25) is 0 Å². The fourth-order valence-electron chi connectivity index (χ4n) is 5.65. The third-order valence-corrected chi connectivity index (χ3v) is 6.06. The van der Waals surface area contributed by atoms with E-state index in [1.165, 1.54) is 44.9 Å². The van der Waals surface area contributed by atoms with Crippen molar-refractivity contribution >= 4 is 0 Å². The zero-order chi connectivity index (χ0) is 14.9. The molecule has 0 aromatic rings. The highest BCUT2D eigenvalue weighted by Crippen LogP contribution is 2.61. The Morgan fingerprint density at radius 1 is 0.857 bits per heavy atom. The van der Waals surface area contributed by atoms with E-state index < -0.39 is 12.6 Å². The van der Waals surface area contributed by atoms with E-state index >= 15 is 0 Å². The quantitative estimate of drug-likeness (QED) is 0.659. The summed E-state index contributed by atoms with van der Waals surface area (Å²) in [6.45, 7) is 1.74. The number of hydrogen-bond donors (Lipinski definition) is 1. The molecule has 4 heteroatoms. The summed E-state index contributed by atoms with van der Waals surface area (Å²) in [5.41, 5.74) is 0.591. The number of hydrogen-bond acceptors (Lipinski definition) is 1. The molecule has 0 aromatic heterocycles. The monoisotopic (exact) mass is 303 g/mol. The van der Waals surface area contributed by atoms with E-state index in [0.29, 0.717) is 11.8 Å². The molecule has 1 N–H and O–H groups in total. The molecule has 0 atom stereocenters. The zero-order valence-electron chi connectivity index (χ0n) is 12.9. The Morgan fingerprint density at radius 2 is 1.43 bits per heavy atom. The van der Waals surface area contributed by atoms with Crippen LogP contribution >= 0.6 is 0 Å². The third-order valence-electron chi connectivity index (χ3n) is 6.06. The normalized spacial score (nSPS) is 38.1. The van der Waals surface area contributed by atoms with Crippen LogP contribution in [-0.4, -0.2) is 19.3 Å². The first-order chi connectivity index (χ1) is 9.94. The number of rotatable bonds is 7. The lowest BCUT2D eigenvalue weighted by atomic mass is 9.49. The highest BCUT2D eigenvalue weighted by molar-refractivity contribution is 5.01. The summed E-state index contributed by atoms with van der Waals surface area (Å²) in [7, 11) is 0. The van der Waals surface area contributed by atoms with Crippen LogP contribution in [0.5, 0.6) is 0 Å². The SMILES string of the molecule is FC(F)(F)CCCCNCCC12CC3CC(CC(C3)C1)C2. The van der Waals surface area contributed by atoms with E-state index in [1.807, 2.05) is 0 Å². The van der Waals surface area contributed by atoms with Gasteiger partial charge in [0.25, 0.3) is 0 Å². The van der Waals surface area contributed by atoms with Gasteiger partial charge in [0.15, 0.2) is 0 Å². The molecule has 0 saturated heterocycles. The van der Waals surface area contributed by atoms with E-state index in [4.69, 9.17) is 0 Å². The molecule has 0 unspecified atom stereocenters. The minimum Gasteiger partial charge on any atom is -0.317 e. The van der Waals surface area contributed by atoms with Gasteiger partial charge in [-0.3, -0.25) is 0 Å². The van der Waals surface area contributed by atoms with E-state index in [0.717, 1.165) is 30.8 Å². The van der Waals surface area contributed by atoms with Crippen molar-refractivity contribution in [3.05, 3.63) is 0 Å². The van der Waals surface area contributed by atoms with Gasteiger partial charge in [-0.15, -0.1) is 0 Å². The van der Waals surface area contributed by atoms with Crippen molar-refractivity contribution in [3.8, 4) is 0 Å². The molecule has 4 aliphatic carbocycles. The van der Waals surface area contributed by atoms with E-state index in [9.17, 15) is 13.2 Å². The van der Waals surface area contributed by atoms with Crippen LogP contribution < -0.4 is 5.32 Å². The maximum absolute atomic E-state index is 12.0. The van der Waals surface area contributed by atoms with Crippen molar-refractivity contribution in [1.29, 1.82) is 0 Å². The molecule has 4 fully saturated rings. The van der Waals surface area contributed by atoms with Gasteiger partial charge in [-0.2, -0.15) is 13.2 Å². The molecule has 0 spiro atoms. The molecule has 0 amide bonds. The maximum atomic E-state index is 12.0. The first kappa shape index (κ1) is 15.6. The Labute approximate surface area is 126 Å². The number of nitrogens with one attached hydrogen (secondary N) is 1. The standard InChI is InChI=1S/C17H28F3N/c18-17(19,20)3-1-2-5-21-6-4-16-10-13-7-14(11-16)9-15(8-13)12-16/h13-15,21H,1-12H2. The fraction of sp³-hybridized carbons (Fsp3) is 1.00. The summed E-state index contributed by atoms with van der Waals surface area (Å²) in [6, 6.07) is 0. The molecule has 0 aliphatic heterocycles. The molecular weight excluding hydrogens is 275 g/mol. The van der Waals surface area contributed by atoms with Gasteiger partial charge >= 0.3 is 6.18 Å². The minimum absolute atomic E-state index is 0.258. The van der Waals surface area contributed by atoms with Gasteiger partial charge in [0.2, 0.25) is 0 Å².